The number of pyridine rings is 1. The van der Waals surface area contributed by atoms with Gasteiger partial charge in [0.25, 0.3) is 11.5 Å². The van der Waals surface area contributed by atoms with E-state index in [0.717, 1.165) is 0 Å². The summed E-state index contributed by atoms with van der Waals surface area (Å²) in [6.07, 6.45) is 3.23. The molecule has 2 aromatic heterocycles. The summed E-state index contributed by atoms with van der Waals surface area (Å²) in [4.78, 5) is 44.3. The fourth-order valence-electron chi connectivity index (χ4n) is 3.19. The molecule has 0 fully saturated rings. The summed E-state index contributed by atoms with van der Waals surface area (Å²) in [5.41, 5.74) is 10.5. The molecule has 11 heteroatoms. The summed E-state index contributed by atoms with van der Waals surface area (Å²) < 4.78 is 12.7. The molecule has 0 saturated carbocycles. The van der Waals surface area contributed by atoms with Gasteiger partial charge in [-0.25, -0.2) is 9.97 Å². The number of carbonyl (C=O) groups is 2. The molecule has 32 heavy (non-hydrogen) atoms. The van der Waals surface area contributed by atoms with Crippen molar-refractivity contribution in [2.45, 2.75) is 26.3 Å². The van der Waals surface area contributed by atoms with Crippen LogP contribution in [-0.4, -0.2) is 40.1 Å². The molecule has 3 rings (SSSR count). The van der Waals surface area contributed by atoms with Gasteiger partial charge in [0.2, 0.25) is 11.9 Å². The van der Waals surface area contributed by atoms with Crippen molar-refractivity contribution in [2.75, 3.05) is 24.8 Å². The Kier molecular flexibility index (Phi) is 6.88. The molecule has 3 aromatic rings. The number of carbonyl (C=O) groups excluding carboxylic acids is 2. The van der Waals surface area contributed by atoms with Crippen LogP contribution in [0.2, 0.25) is 0 Å². The monoisotopic (exact) mass is 440 g/mol. The molecule has 0 atom stereocenters. The topological polar surface area (TPSA) is 164 Å². The van der Waals surface area contributed by atoms with E-state index >= 15 is 0 Å². The molecular formula is C21H24N6O5. The Bertz CT molecular complexity index is 1210. The van der Waals surface area contributed by atoms with E-state index in [4.69, 9.17) is 20.9 Å². The maximum absolute atomic E-state index is 13.1. The lowest BCUT2D eigenvalue weighted by atomic mass is 10.1. The zero-order chi connectivity index (χ0) is 23.3. The number of nitrogen functional groups attached to an aromatic ring is 1. The third kappa shape index (κ3) is 4.77. The zero-order valence-corrected chi connectivity index (χ0v) is 17.8. The van der Waals surface area contributed by atoms with Crippen molar-refractivity contribution < 1.29 is 19.1 Å². The highest BCUT2D eigenvalue weighted by Gasteiger charge is 2.18. The van der Waals surface area contributed by atoms with Crippen LogP contribution in [0.4, 0.5) is 11.8 Å². The fourth-order valence-corrected chi connectivity index (χ4v) is 3.19. The van der Waals surface area contributed by atoms with Crippen molar-refractivity contribution in [1.82, 2.24) is 14.5 Å². The number of hydrogen-bond donors (Lipinski definition) is 3. The maximum atomic E-state index is 13.1. The number of amides is 2. The van der Waals surface area contributed by atoms with Crippen molar-refractivity contribution in [1.29, 1.82) is 0 Å². The standard InChI is InChI=1S/C21H24N6O5/c1-3-27-17(26-19(29)12-10-24-21(23)25-11-12)9-14-13(20(27)30)6-7-15(18(14)31-2)32-8-4-5-16(22)28/h6-7,9-11H,3-5,8H2,1-2H3,(H2,22,28)(H,26,29)(H2,23,24,25). The fraction of sp³-hybridized carbons (Fsp3) is 0.286. The Balaban J connectivity index is 2.00. The lowest BCUT2D eigenvalue weighted by molar-refractivity contribution is -0.118. The highest BCUT2D eigenvalue weighted by atomic mass is 16.5. The molecule has 0 spiro atoms. The van der Waals surface area contributed by atoms with E-state index in [-0.39, 0.29) is 35.9 Å². The predicted molar refractivity (Wildman–Crippen MR) is 119 cm³/mol. The Labute approximate surface area is 183 Å². The van der Waals surface area contributed by atoms with Gasteiger partial charge in [0.15, 0.2) is 11.5 Å². The van der Waals surface area contributed by atoms with Crippen molar-refractivity contribution in [2.24, 2.45) is 5.73 Å². The Morgan fingerprint density at radius 3 is 2.53 bits per heavy atom. The average molecular weight is 440 g/mol. The van der Waals surface area contributed by atoms with Gasteiger partial charge in [-0.2, -0.15) is 0 Å². The van der Waals surface area contributed by atoms with Gasteiger partial charge < -0.3 is 26.3 Å². The molecule has 2 heterocycles. The number of methoxy groups -OCH3 is 1. The molecular weight excluding hydrogens is 416 g/mol. The van der Waals surface area contributed by atoms with E-state index < -0.39 is 11.8 Å². The van der Waals surface area contributed by atoms with Gasteiger partial charge in [-0.05, 0) is 31.5 Å². The molecule has 0 unspecified atom stereocenters. The van der Waals surface area contributed by atoms with Crippen LogP contribution in [0.25, 0.3) is 10.8 Å². The quantitative estimate of drug-likeness (QED) is 0.419. The summed E-state index contributed by atoms with van der Waals surface area (Å²) in [5.74, 6) is 0.159. The van der Waals surface area contributed by atoms with Crippen molar-refractivity contribution in [3.05, 3.63) is 46.5 Å². The van der Waals surface area contributed by atoms with Gasteiger partial charge >= 0.3 is 0 Å². The number of hydrogen-bond acceptors (Lipinski definition) is 8. The van der Waals surface area contributed by atoms with E-state index in [1.807, 2.05) is 0 Å². The molecule has 1 aromatic carbocycles. The van der Waals surface area contributed by atoms with Gasteiger partial charge in [-0.15, -0.1) is 0 Å². The van der Waals surface area contributed by atoms with Crippen LogP contribution in [0.3, 0.4) is 0 Å². The van der Waals surface area contributed by atoms with Crippen LogP contribution in [0.1, 0.15) is 30.1 Å². The Hall–Kier alpha value is -4.15. The minimum Gasteiger partial charge on any atom is -0.492 e. The van der Waals surface area contributed by atoms with E-state index in [9.17, 15) is 14.4 Å². The third-order valence-corrected chi connectivity index (χ3v) is 4.73. The number of fused-ring (bicyclic) bond motifs is 1. The molecule has 0 aliphatic rings. The normalized spacial score (nSPS) is 10.7. The molecule has 0 aliphatic carbocycles. The number of nitrogens with one attached hydrogen (secondary N) is 1. The summed E-state index contributed by atoms with van der Waals surface area (Å²) in [6.45, 7) is 2.37. The van der Waals surface area contributed by atoms with Crippen LogP contribution < -0.4 is 31.8 Å². The van der Waals surface area contributed by atoms with Gasteiger partial charge in [0, 0.05) is 30.7 Å². The molecule has 0 aliphatic heterocycles. The van der Waals surface area contributed by atoms with Crippen molar-refractivity contribution in [3.63, 3.8) is 0 Å². The van der Waals surface area contributed by atoms with E-state index in [1.54, 1.807) is 25.1 Å². The summed E-state index contributed by atoms with van der Waals surface area (Å²) in [5, 5.41) is 3.60. The first-order valence-electron chi connectivity index (χ1n) is 9.90. The lowest BCUT2D eigenvalue weighted by Crippen LogP contribution is -2.25. The molecule has 2 amide bonds. The first kappa shape index (κ1) is 22.5. The van der Waals surface area contributed by atoms with Gasteiger partial charge in [0.1, 0.15) is 5.82 Å². The number of anilines is 2. The van der Waals surface area contributed by atoms with Crippen LogP contribution in [0, 0.1) is 0 Å². The summed E-state index contributed by atoms with van der Waals surface area (Å²) in [7, 11) is 1.46. The van der Waals surface area contributed by atoms with Crippen LogP contribution >= 0.6 is 0 Å². The average Bonchev–Trinajstić information content (AvgIpc) is 2.77. The first-order chi connectivity index (χ1) is 15.3. The third-order valence-electron chi connectivity index (χ3n) is 4.73. The van der Waals surface area contributed by atoms with Crippen molar-refractivity contribution >= 4 is 34.4 Å². The number of nitrogens with two attached hydrogens (primary N) is 2. The van der Waals surface area contributed by atoms with Crippen LogP contribution in [0.15, 0.2) is 35.4 Å². The molecule has 0 saturated heterocycles. The number of rotatable bonds is 9. The number of aromatic nitrogens is 3. The lowest BCUT2D eigenvalue weighted by Gasteiger charge is -2.17. The number of nitrogens with zero attached hydrogens (tertiary/aromatic N) is 3. The Morgan fingerprint density at radius 2 is 1.91 bits per heavy atom. The second-order valence-electron chi connectivity index (χ2n) is 6.84. The summed E-state index contributed by atoms with van der Waals surface area (Å²) >= 11 is 0. The summed E-state index contributed by atoms with van der Waals surface area (Å²) in [6, 6.07) is 4.91. The van der Waals surface area contributed by atoms with Crippen LogP contribution in [0.5, 0.6) is 11.5 Å². The predicted octanol–water partition coefficient (Wildman–Crippen LogP) is 1.30. The SMILES string of the molecule is CCn1c(NC(=O)c2cnc(N)nc2)cc2c(OC)c(OCCCC(N)=O)ccc2c1=O. The molecule has 0 bridgehead atoms. The maximum Gasteiger partial charge on any atom is 0.260 e. The highest BCUT2D eigenvalue weighted by molar-refractivity contribution is 6.04. The van der Waals surface area contributed by atoms with Gasteiger partial charge in [-0.3, -0.25) is 19.0 Å². The largest absolute Gasteiger partial charge is 0.492 e. The number of benzene rings is 1. The second kappa shape index (κ2) is 9.77. The minimum atomic E-state index is -0.497. The molecule has 0 radical (unpaired) electrons. The van der Waals surface area contributed by atoms with E-state index in [1.165, 1.54) is 24.1 Å². The zero-order valence-electron chi connectivity index (χ0n) is 17.8. The smallest absolute Gasteiger partial charge is 0.260 e. The number of primary amides is 1. The first-order valence-corrected chi connectivity index (χ1v) is 9.90. The minimum absolute atomic E-state index is 0.0471. The number of ether oxygens (including phenoxy) is 2. The van der Waals surface area contributed by atoms with E-state index in [0.29, 0.717) is 35.2 Å². The highest BCUT2D eigenvalue weighted by Crippen LogP contribution is 2.35. The van der Waals surface area contributed by atoms with Crippen molar-refractivity contribution in [3.8, 4) is 11.5 Å². The van der Waals surface area contributed by atoms with Gasteiger partial charge in [-0.1, -0.05) is 0 Å². The molecule has 168 valence electrons. The van der Waals surface area contributed by atoms with E-state index in [2.05, 4.69) is 15.3 Å². The molecule has 5 N–H and O–H groups in total. The molecule has 11 nitrogen and oxygen atoms in total. The second-order valence-corrected chi connectivity index (χ2v) is 6.84. The van der Waals surface area contributed by atoms with Crippen LogP contribution in [-0.2, 0) is 11.3 Å². The van der Waals surface area contributed by atoms with Gasteiger partial charge in [0.05, 0.1) is 24.7 Å². The Morgan fingerprint density at radius 1 is 1.19 bits per heavy atom.